The first-order valence-electron chi connectivity index (χ1n) is 27.6. The standard InChI is InChI=1S/C63H74N6O7.C2HF3O2/c1-46(52-25-13-7-14-26-52)64-43-60(72)65(47(2)53-27-15-8-16-28-53)40-37-58(70)68(50(5)56-33-21-11-22-34-56)44-61(73)66(48(3)54-29-17-9-18-30-54)41-38-59(71)69(51(6)57-35-23-12-24-36-57)45-62(74)67(42-39-63(75)76)49(4)55-31-19-10-20-32-55;3-2(4,5)1(6)7/h7-36,46-51,64H,37-45H2,1-6H3,(H,75,76);(H,6,7)/t46-,47-,48-,49-,50-,51-;/m0./s1. The molecule has 15 nitrogen and oxygen atoms in total. The van der Waals surface area contributed by atoms with Gasteiger partial charge in [0.25, 0.3) is 0 Å². The van der Waals surface area contributed by atoms with Gasteiger partial charge in [0.1, 0.15) is 13.1 Å². The molecule has 3 N–H and O–H groups in total. The fourth-order valence-corrected chi connectivity index (χ4v) is 9.65. The van der Waals surface area contributed by atoms with Gasteiger partial charge in [-0.25, -0.2) is 4.79 Å². The second kappa shape index (κ2) is 32.1. The summed E-state index contributed by atoms with van der Waals surface area (Å²) in [5, 5.41) is 20.2. The fraction of sp³-hybridized carbons (Fsp3) is 0.338. The molecule has 18 heteroatoms. The van der Waals surface area contributed by atoms with Crippen molar-refractivity contribution in [2.24, 2.45) is 0 Å². The van der Waals surface area contributed by atoms with E-state index in [9.17, 15) is 42.3 Å². The Balaban J connectivity index is 0.00000169. The molecule has 0 radical (unpaired) electrons. The van der Waals surface area contributed by atoms with Crippen LogP contribution in [0.1, 0.15) is 130 Å². The Kier molecular flexibility index (Phi) is 25.2. The third kappa shape index (κ3) is 19.8. The average molecular weight is 1140 g/mol. The highest BCUT2D eigenvalue weighted by molar-refractivity contribution is 5.88. The minimum atomic E-state index is -5.08. The lowest BCUT2D eigenvalue weighted by Gasteiger charge is -2.37. The van der Waals surface area contributed by atoms with E-state index in [1.807, 2.05) is 224 Å². The minimum Gasteiger partial charge on any atom is -0.481 e. The summed E-state index contributed by atoms with van der Waals surface area (Å²) < 4.78 is 31.7. The number of halogens is 3. The summed E-state index contributed by atoms with van der Waals surface area (Å²) in [5.74, 6) is -5.49. The van der Waals surface area contributed by atoms with Crippen LogP contribution in [-0.2, 0) is 33.6 Å². The lowest BCUT2D eigenvalue weighted by atomic mass is 10.0. The Bertz CT molecular complexity index is 3000. The van der Waals surface area contributed by atoms with Gasteiger partial charge in [-0.15, -0.1) is 0 Å². The number of rotatable bonds is 27. The summed E-state index contributed by atoms with van der Waals surface area (Å²) in [5.41, 5.74) is 5.22. The van der Waals surface area contributed by atoms with Gasteiger partial charge < -0.3 is 40.0 Å². The number of hydrogen-bond donors (Lipinski definition) is 3. The molecule has 440 valence electrons. The van der Waals surface area contributed by atoms with E-state index in [0.29, 0.717) is 0 Å². The molecular formula is C65H75F3N6O9. The molecule has 0 fully saturated rings. The number of alkyl halides is 3. The highest BCUT2D eigenvalue weighted by Crippen LogP contribution is 2.29. The molecule has 6 rings (SSSR count). The first-order chi connectivity index (χ1) is 39.6. The number of carbonyl (C=O) groups is 7. The summed E-state index contributed by atoms with van der Waals surface area (Å²) in [6.45, 7) is 10.8. The summed E-state index contributed by atoms with van der Waals surface area (Å²) in [7, 11) is 0. The molecular weight excluding hydrogens is 1070 g/mol. The Labute approximate surface area is 484 Å². The lowest BCUT2D eigenvalue weighted by Crippen LogP contribution is -2.48. The predicted molar refractivity (Wildman–Crippen MR) is 311 cm³/mol. The van der Waals surface area contributed by atoms with Crippen LogP contribution >= 0.6 is 0 Å². The molecule has 0 heterocycles. The van der Waals surface area contributed by atoms with Gasteiger partial charge in [0, 0.05) is 38.5 Å². The molecule has 0 saturated heterocycles. The van der Waals surface area contributed by atoms with E-state index in [-0.39, 0.29) is 94.2 Å². The second-order valence-electron chi connectivity index (χ2n) is 20.2. The van der Waals surface area contributed by atoms with Crippen molar-refractivity contribution in [2.75, 3.05) is 39.3 Å². The maximum Gasteiger partial charge on any atom is 0.490 e. The number of aliphatic carboxylic acids is 2. The minimum absolute atomic E-state index is 0.0423. The number of benzene rings is 6. The van der Waals surface area contributed by atoms with E-state index in [4.69, 9.17) is 9.90 Å². The van der Waals surface area contributed by atoms with E-state index in [0.717, 1.165) is 33.4 Å². The number of nitrogens with one attached hydrogen (secondary N) is 1. The molecule has 0 saturated carbocycles. The molecule has 6 aromatic rings. The van der Waals surface area contributed by atoms with E-state index in [1.165, 1.54) is 9.80 Å². The molecule has 0 aliphatic carbocycles. The molecule has 0 aliphatic rings. The third-order valence-corrected chi connectivity index (χ3v) is 14.8. The van der Waals surface area contributed by atoms with Gasteiger partial charge in [0.05, 0.1) is 43.2 Å². The van der Waals surface area contributed by atoms with Crippen molar-refractivity contribution < 1.29 is 56.9 Å². The quantitative estimate of drug-likeness (QED) is 0.0448. The highest BCUT2D eigenvalue weighted by atomic mass is 19.4. The highest BCUT2D eigenvalue weighted by Gasteiger charge is 2.38. The van der Waals surface area contributed by atoms with Crippen LogP contribution < -0.4 is 5.32 Å². The Hall–Kier alpha value is -8.64. The van der Waals surface area contributed by atoms with Crippen LogP contribution in [0.2, 0.25) is 0 Å². The van der Waals surface area contributed by atoms with Gasteiger partial charge in [-0.1, -0.05) is 182 Å². The smallest absolute Gasteiger partial charge is 0.481 e. The Morgan fingerprint density at radius 2 is 0.614 bits per heavy atom. The topological polar surface area (TPSA) is 188 Å². The van der Waals surface area contributed by atoms with Crippen LogP contribution in [-0.4, -0.2) is 122 Å². The maximum absolute atomic E-state index is 15.2. The molecule has 0 aliphatic heterocycles. The molecule has 83 heavy (non-hydrogen) atoms. The van der Waals surface area contributed by atoms with Crippen LogP contribution in [0, 0.1) is 0 Å². The van der Waals surface area contributed by atoms with Crippen molar-refractivity contribution in [2.45, 2.75) is 103 Å². The molecule has 6 aromatic carbocycles. The van der Waals surface area contributed by atoms with E-state index < -0.39 is 48.2 Å². The zero-order valence-corrected chi connectivity index (χ0v) is 47.8. The number of nitrogens with zero attached hydrogens (tertiary/aromatic N) is 5. The van der Waals surface area contributed by atoms with Crippen molar-refractivity contribution in [1.29, 1.82) is 0 Å². The van der Waals surface area contributed by atoms with Gasteiger partial charge in [-0.3, -0.25) is 28.8 Å². The van der Waals surface area contributed by atoms with Gasteiger partial charge >= 0.3 is 18.1 Å². The van der Waals surface area contributed by atoms with Gasteiger partial charge in [-0.2, -0.15) is 13.2 Å². The Morgan fingerprint density at radius 3 is 0.880 bits per heavy atom. The van der Waals surface area contributed by atoms with Crippen LogP contribution in [0.5, 0.6) is 0 Å². The lowest BCUT2D eigenvalue weighted by molar-refractivity contribution is -0.192. The fourth-order valence-electron chi connectivity index (χ4n) is 9.65. The van der Waals surface area contributed by atoms with E-state index in [2.05, 4.69) is 5.32 Å². The molecule has 0 unspecified atom stereocenters. The van der Waals surface area contributed by atoms with Crippen LogP contribution in [0.25, 0.3) is 0 Å². The van der Waals surface area contributed by atoms with Crippen molar-refractivity contribution in [3.05, 3.63) is 215 Å². The number of carboxylic acids is 2. The van der Waals surface area contributed by atoms with Gasteiger partial charge in [-0.05, 0) is 74.9 Å². The molecule has 5 amide bonds. The van der Waals surface area contributed by atoms with Crippen LogP contribution in [0.3, 0.4) is 0 Å². The van der Waals surface area contributed by atoms with Crippen LogP contribution in [0.15, 0.2) is 182 Å². The Morgan fingerprint density at radius 1 is 0.373 bits per heavy atom. The monoisotopic (exact) mass is 1140 g/mol. The summed E-state index contributed by atoms with van der Waals surface area (Å²) in [6, 6.07) is 54.7. The zero-order valence-electron chi connectivity index (χ0n) is 47.8. The largest absolute Gasteiger partial charge is 0.490 e. The normalized spacial score (nSPS) is 13.3. The molecule has 0 bridgehead atoms. The summed E-state index contributed by atoms with van der Waals surface area (Å²) in [4.78, 5) is 102. The SMILES string of the molecule is C[C@H](NCC(=O)N(CCC(=O)N(CC(=O)N(CCC(=O)N(CC(=O)N(CCC(=O)O)[C@@H](C)c1ccccc1)[C@@H](C)c1ccccc1)[C@@H](C)c1ccccc1)[C@@H](C)c1ccccc1)[C@@H](C)c1ccccc1)c1ccccc1.O=C(O)C(F)(F)F. The zero-order chi connectivity index (χ0) is 60.6. The average Bonchev–Trinajstić information content (AvgIpc) is 3.67. The first kappa shape index (κ1) is 65.2. The van der Waals surface area contributed by atoms with E-state index >= 15 is 4.79 Å². The van der Waals surface area contributed by atoms with E-state index in [1.54, 1.807) is 14.7 Å². The second-order valence-corrected chi connectivity index (χ2v) is 20.2. The molecule has 0 spiro atoms. The number of carboxylic acid groups (broad SMARTS) is 2. The number of carbonyl (C=O) groups excluding carboxylic acids is 5. The molecule has 6 atom stereocenters. The number of amides is 5. The molecule has 0 aromatic heterocycles. The van der Waals surface area contributed by atoms with Crippen molar-refractivity contribution >= 4 is 41.5 Å². The van der Waals surface area contributed by atoms with Crippen LogP contribution in [0.4, 0.5) is 13.2 Å². The maximum atomic E-state index is 15.2. The predicted octanol–water partition coefficient (Wildman–Crippen LogP) is 11.2. The third-order valence-electron chi connectivity index (χ3n) is 14.8. The van der Waals surface area contributed by atoms with Crippen molar-refractivity contribution in [3.63, 3.8) is 0 Å². The summed E-state index contributed by atoms with van der Waals surface area (Å²) >= 11 is 0. The summed E-state index contributed by atoms with van der Waals surface area (Å²) in [6.07, 6.45) is -5.59. The number of hydrogen-bond acceptors (Lipinski definition) is 8. The van der Waals surface area contributed by atoms with Crippen molar-refractivity contribution in [3.8, 4) is 0 Å². The van der Waals surface area contributed by atoms with Crippen molar-refractivity contribution in [1.82, 2.24) is 29.8 Å². The van der Waals surface area contributed by atoms with Gasteiger partial charge in [0.15, 0.2) is 0 Å². The first-order valence-corrected chi connectivity index (χ1v) is 27.6. The van der Waals surface area contributed by atoms with Gasteiger partial charge in [0.2, 0.25) is 29.5 Å².